The first-order valence-electron chi connectivity index (χ1n) is 16.8. The molecule has 0 aromatic heterocycles. The van der Waals surface area contributed by atoms with Crippen molar-refractivity contribution in [2.24, 2.45) is 0 Å². The van der Waals surface area contributed by atoms with Gasteiger partial charge < -0.3 is 0 Å². The predicted octanol–water partition coefficient (Wildman–Crippen LogP) is 13.6. The standard InChI is InChI=1S/C29H41.C9H4F6.C5H5.Zr/c1-26(2,3)22-14-18-13-19-15-23(27(4,5)6)25(29(10,11)12)17-21(19)20(18)16-24(22)28(7,8)9;1-5-2-6(8(10,11)12)4-7(3-5)9(13,14)15;1-2-4-5-3-1;/h13-17H,1-12H3;1-4H;1-3H,4H2;/q-1;;-1;+2. The van der Waals surface area contributed by atoms with Crippen LogP contribution in [-0.4, -0.2) is 3.71 Å². The first-order valence-corrected chi connectivity index (χ1v) is 18.2. The third kappa shape index (κ3) is 10.5. The Morgan fingerprint density at radius 1 is 0.560 bits per heavy atom. The van der Waals surface area contributed by atoms with Crippen LogP contribution in [0.4, 0.5) is 26.3 Å². The molecule has 1 aliphatic rings. The fourth-order valence-electron chi connectivity index (χ4n) is 5.99. The zero-order valence-electron chi connectivity index (χ0n) is 31.4. The molecule has 0 saturated heterocycles. The molecule has 0 amide bonds. The fourth-order valence-corrected chi connectivity index (χ4v) is 6.40. The number of rotatable bonds is 1. The van der Waals surface area contributed by atoms with Gasteiger partial charge in [-0.05, 0) is 21.7 Å². The van der Waals surface area contributed by atoms with Crippen molar-refractivity contribution in [3.8, 4) is 0 Å². The minimum atomic E-state index is -4.77. The quantitative estimate of drug-likeness (QED) is 0.134. The van der Waals surface area contributed by atoms with Crippen molar-refractivity contribution in [3.05, 3.63) is 112 Å². The van der Waals surface area contributed by atoms with E-state index in [9.17, 15) is 26.3 Å². The molecule has 0 fully saturated rings. The molecule has 0 nitrogen and oxygen atoms in total. The number of allylic oxidation sites excluding steroid dienone is 4. The summed E-state index contributed by atoms with van der Waals surface area (Å²) in [4.78, 5) is 0. The Labute approximate surface area is 309 Å². The molecule has 268 valence electrons. The molecule has 5 rings (SSSR count). The average molecular weight is 772 g/mol. The second kappa shape index (κ2) is 14.8. The van der Waals surface area contributed by atoms with E-state index in [0.717, 1.165) is 30.7 Å². The van der Waals surface area contributed by atoms with Crippen LogP contribution in [-0.2, 0) is 58.2 Å². The number of benzene rings is 3. The molecule has 7 heteroatoms. The SMILES string of the molecule is CC(C)(C)c1cc2[cH-]c3cc(C(C)(C)C)c(C(C)(C)C)cc3c2cc1C(C)(C)C.FC(F)(F)c1cc([CH]=[Zr+2])cc(C(F)(F)F)c1.[C-]1=CC=CC1. The number of alkyl halides is 6. The van der Waals surface area contributed by atoms with Crippen molar-refractivity contribution in [2.45, 2.75) is 124 Å². The number of hydrogen-bond acceptors (Lipinski definition) is 0. The smallest absolute Gasteiger partial charge is 0.109 e. The van der Waals surface area contributed by atoms with Gasteiger partial charge in [0.25, 0.3) is 0 Å². The van der Waals surface area contributed by atoms with E-state index in [0.29, 0.717) is 12.1 Å². The summed E-state index contributed by atoms with van der Waals surface area (Å²) in [5.74, 6) is 0. The van der Waals surface area contributed by atoms with Gasteiger partial charge in [-0.2, -0.15) is 6.08 Å². The summed E-state index contributed by atoms with van der Waals surface area (Å²) in [6.07, 6.45) is 0.462. The molecule has 0 radical (unpaired) electrons. The van der Waals surface area contributed by atoms with Crippen LogP contribution in [0, 0.1) is 6.08 Å². The van der Waals surface area contributed by atoms with E-state index in [1.807, 2.05) is 12.2 Å². The molecule has 0 spiro atoms. The van der Waals surface area contributed by atoms with Crippen LogP contribution in [0.2, 0.25) is 0 Å². The van der Waals surface area contributed by atoms with Crippen molar-refractivity contribution in [1.29, 1.82) is 0 Å². The van der Waals surface area contributed by atoms with Crippen LogP contribution in [0.25, 0.3) is 21.5 Å². The van der Waals surface area contributed by atoms with Crippen molar-refractivity contribution in [2.75, 3.05) is 0 Å². The molecule has 0 heterocycles. The maximum absolute atomic E-state index is 12.3. The molecule has 0 aliphatic heterocycles. The average Bonchev–Trinajstić information content (AvgIpc) is 3.65. The van der Waals surface area contributed by atoms with E-state index >= 15 is 0 Å². The Morgan fingerprint density at radius 3 is 1.16 bits per heavy atom. The Balaban J connectivity index is 0.000000268. The van der Waals surface area contributed by atoms with Crippen molar-refractivity contribution in [1.82, 2.24) is 0 Å². The molecule has 4 aromatic rings. The Hall–Kier alpha value is -2.66. The van der Waals surface area contributed by atoms with Gasteiger partial charge in [0.2, 0.25) is 0 Å². The monoisotopic (exact) mass is 770 g/mol. The predicted molar refractivity (Wildman–Crippen MR) is 195 cm³/mol. The summed E-state index contributed by atoms with van der Waals surface area (Å²) >= 11 is 0.733. The van der Waals surface area contributed by atoms with Gasteiger partial charge >= 0.3 is 102 Å². The third-order valence-corrected chi connectivity index (χ3v) is 9.39. The Bertz CT molecular complexity index is 1760. The molecule has 4 aromatic carbocycles. The van der Waals surface area contributed by atoms with E-state index in [2.05, 4.69) is 126 Å². The van der Waals surface area contributed by atoms with E-state index in [1.165, 1.54) is 47.5 Å². The topological polar surface area (TPSA) is 0 Å². The molecule has 0 N–H and O–H groups in total. The second-order valence-corrected chi connectivity index (χ2v) is 17.8. The zero-order chi connectivity index (χ0) is 38.3. The van der Waals surface area contributed by atoms with E-state index in [4.69, 9.17) is 0 Å². The molecular weight excluding hydrogens is 722 g/mol. The molecule has 1 aliphatic carbocycles. The molecular formula is C43H50F6Zr. The van der Waals surface area contributed by atoms with E-state index in [1.54, 1.807) is 0 Å². The fraction of sp³-hybridized carbons (Fsp3) is 0.442. The molecule has 50 heavy (non-hydrogen) atoms. The summed E-state index contributed by atoms with van der Waals surface area (Å²) in [5, 5.41) is 5.57. The van der Waals surface area contributed by atoms with Gasteiger partial charge in [0.05, 0.1) is 0 Å². The van der Waals surface area contributed by atoms with Crippen LogP contribution in [0.1, 0.15) is 128 Å². The normalized spacial score (nSPS) is 14.1. The Kier molecular flexibility index (Phi) is 12.3. The molecule has 0 bridgehead atoms. The van der Waals surface area contributed by atoms with E-state index < -0.39 is 23.5 Å². The van der Waals surface area contributed by atoms with Crippen molar-refractivity contribution in [3.63, 3.8) is 0 Å². The number of halogens is 6. The zero-order valence-corrected chi connectivity index (χ0v) is 33.9. The van der Waals surface area contributed by atoms with Gasteiger partial charge in [-0.3, -0.25) is 6.08 Å². The summed E-state index contributed by atoms with van der Waals surface area (Å²) in [7, 11) is 0. The van der Waals surface area contributed by atoms with E-state index in [-0.39, 0.29) is 33.3 Å². The van der Waals surface area contributed by atoms with Gasteiger partial charge in [-0.1, -0.05) is 117 Å². The van der Waals surface area contributed by atoms with Crippen LogP contribution in [0.5, 0.6) is 0 Å². The van der Waals surface area contributed by atoms with Gasteiger partial charge in [-0.25, -0.2) is 12.2 Å². The third-order valence-electron chi connectivity index (χ3n) is 8.58. The molecule has 0 saturated carbocycles. The first-order chi connectivity index (χ1) is 22.5. The summed E-state index contributed by atoms with van der Waals surface area (Å²) in [6.45, 7) is 28.0. The first kappa shape index (κ1) is 41.8. The van der Waals surface area contributed by atoms with Gasteiger partial charge in [0, 0.05) is 0 Å². The van der Waals surface area contributed by atoms with Crippen molar-refractivity contribution < 1.29 is 50.6 Å². The summed E-state index contributed by atoms with van der Waals surface area (Å²) in [5.41, 5.74) is 3.77. The maximum atomic E-state index is 12.3. The summed E-state index contributed by atoms with van der Waals surface area (Å²) in [6, 6.07) is 13.8. The molecule has 0 unspecified atom stereocenters. The van der Waals surface area contributed by atoms with Crippen LogP contribution >= 0.6 is 0 Å². The Morgan fingerprint density at radius 2 is 0.920 bits per heavy atom. The van der Waals surface area contributed by atoms with Gasteiger partial charge in [0.15, 0.2) is 0 Å². The van der Waals surface area contributed by atoms with Crippen LogP contribution in [0.15, 0.2) is 66.8 Å². The molecule has 0 atom stereocenters. The minimum Gasteiger partial charge on any atom is -0.273 e. The largest absolute Gasteiger partial charge is 0.273 e. The van der Waals surface area contributed by atoms with Crippen LogP contribution < -0.4 is 0 Å². The summed E-state index contributed by atoms with van der Waals surface area (Å²) < 4.78 is 75.1. The number of fused-ring (bicyclic) bond motifs is 3. The number of hydrogen-bond donors (Lipinski definition) is 0. The van der Waals surface area contributed by atoms with Gasteiger partial charge in [0.1, 0.15) is 0 Å². The second-order valence-electron chi connectivity index (χ2n) is 17.1. The van der Waals surface area contributed by atoms with Crippen molar-refractivity contribution >= 4 is 25.3 Å². The van der Waals surface area contributed by atoms with Gasteiger partial charge in [-0.15, -0.1) is 46.2 Å². The maximum Gasteiger partial charge on any atom is -0.109 e. The van der Waals surface area contributed by atoms with Crippen LogP contribution in [0.3, 0.4) is 0 Å². The minimum absolute atomic E-state index is 0.0691.